The standard InChI is InChI=1S/C14H18N2O/c1-15-12-6-7-13-11(9-12)3-2-8-16(13)14(17)10-4-5-10/h6-7,9-10,15H,2-5,8H2,1H3. The molecule has 0 unspecified atom stereocenters. The van der Waals surface area contributed by atoms with Crippen LogP contribution in [0.3, 0.4) is 0 Å². The lowest BCUT2D eigenvalue weighted by atomic mass is 10.0. The van der Waals surface area contributed by atoms with Crippen LogP contribution in [-0.4, -0.2) is 19.5 Å². The third kappa shape index (κ3) is 1.90. The number of anilines is 2. The molecule has 3 nitrogen and oxygen atoms in total. The number of aryl methyl sites for hydroxylation is 1. The molecule has 0 atom stereocenters. The second-order valence-electron chi connectivity index (χ2n) is 4.96. The van der Waals surface area contributed by atoms with Crippen molar-refractivity contribution in [2.45, 2.75) is 25.7 Å². The fourth-order valence-corrected chi connectivity index (χ4v) is 2.53. The molecule has 1 heterocycles. The van der Waals surface area contributed by atoms with E-state index in [-0.39, 0.29) is 0 Å². The van der Waals surface area contributed by atoms with Crippen LogP contribution < -0.4 is 10.2 Å². The number of rotatable bonds is 2. The van der Waals surface area contributed by atoms with Gasteiger partial charge in [0.1, 0.15) is 0 Å². The van der Waals surface area contributed by atoms with Crippen LogP contribution in [0.1, 0.15) is 24.8 Å². The molecule has 1 aromatic carbocycles. The Kier molecular flexibility index (Phi) is 2.54. The molecule has 17 heavy (non-hydrogen) atoms. The molecule has 0 saturated heterocycles. The predicted octanol–water partition coefficient (Wildman–Crippen LogP) is 2.42. The number of nitrogens with zero attached hydrogens (tertiary/aromatic N) is 1. The fraction of sp³-hybridized carbons (Fsp3) is 0.500. The van der Waals surface area contributed by atoms with Crippen molar-refractivity contribution >= 4 is 17.3 Å². The maximum Gasteiger partial charge on any atom is 0.230 e. The number of amides is 1. The summed E-state index contributed by atoms with van der Waals surface area (Å²) in [7, 11) is 1.93. The van der Waals surface area contributed by atoms with Crippen LogP contribution in [0.5, 0.6) is 0 Å². The minimum absolute atomic E-state index is 0.310. The van der Waals surface area contributed by atoms with Gasteiger partial charge in [-0.05, 0) is 49.4 Å². The van der Waals surface area contributed by atoms with Crippen LogP contribution in [0.4, 0.5) is 11.4 Å². The van der Waals surface area contributed by atoms with Crippen molar-refractivity contribution in [2.24, 2.45) is 5.92 Å². The highest BCUT2D eigenvalue weighted by atomic mass is 16.2. The summed E-state index contributed by atoms with van der Waals surface area (Å²) < 4.78 is 0. The van der Waals surface area contributed by atoms with E-state index in [4.69, 9.17) is 0 Å². The largest absolute Gasteiger partial charge is 0.388 e. The Morgan fingerprint density at radius 2 is 2.24 bits per heavy atom. The van der Waals surface area contributed by atoms with Crippen molar-refractivity contribution in [1.82, 2.24) is 0 Å². The molecule has 1 amide bonds. The van der Waals surface area contributed by atoms with Crippen LogP contribution in [0.25, 0.3) is 0 Å². The van der Waals surface area contributed by atoms with Crippen molar-refractivity contribution < 1.29 is 4.79 Å². The molecule has 1 aliphatic carbocycles. The molecule has 0 aromatic heterocycles. The van der Waals surface area contributed by atoms with Crippen LogP contribution in [0, 0.1) is 5.92 Å². The average molecular weight is 230 g/mol. The number of hydrogen-bond acceptors (Lipinski definition) is 2. The average Bonchev–Trinajstić information content (AvgIpc) is 3.20. The molecular formula is C14H18N2O. The topological polar surface area (TPSA) is 32.3 Å². The Balaban J connectivity index is 1.93. The van der Waals surface area contributed by atoms with Gasteiger partial charge in [-0.25, -0.2) is 0 Å². The van der Waals surface area contributed by atoms with E-state index in [2.05, 4.69) is 23.5 Å². The smallest absolute Gasteiger partial charge is 0.230 e. The van der Waals surface area contributed by atoms with E-state index in [1.54, 1.807) is 0 Å². The quantitative estimate of drug-likeness (QED) is 0.846. The molecule has 3 heteroatoms. The van der Waals surface area contributed by atoms with Crippen molar-refractivity contribution in [1.29, 1.82) is 0 Å². The van der Waals surface area contributed by atoms with E-state index in [0.717, 1.165) is 43.6 Å². The SMILES string of the molecule is CNc1ccc2c(c1)CCCN2C(=O)C1CC1. The van der Waals surface area contributed by atoms with Gasteiger partial charge in [0.2, 0.25) is 5.91 Å². The molecule has 1 saturated carbocycles. The molecule has 1 aromatic rings. The Labute approximate surface area is 102 Å². The van der Waals surface area contributed by atoms with Crippen LogP contribution in [0.2, 0.25) is 0 Å². The van der Waals surface area contributed by atoms with Crippen molar-refractivity contribution in [2.75, 3.05) is 23.8 Å². The van der Waals surface area contributed by atoms with Gasteiger partial charge in [0.25, 0.3) is 0 Å². The maximum absolute atomic E-state index is 12.2. The van der Waals surface area contributed by atoms with Gasteiger partial charge in [0.05, 0.1) is 0 Å². The first-order chi connectivity index (χ1) is 8.29. The van der Waals surface area contributed by atoms with E-state index in [0.29, 0.717) is 11.8 Å². The second kappa shape index (κ2) is 4.06. The third-order valence-corrected chi connectivity index (χ3v) is 3.68. The minimum atomic E-state index is 0.310. The number of fused-ring (bicyclic) bond motifs is 1. The van der Waals surface area contributed by atoms with Gasteiger partial charge >= 0.3 is 0 Å². The maximum atomic E-state index is 12.2. The summed E-state index contributed by atoms with van der Waals surface area (Å²) in [6, 6.07) is 6.31. The normalized spacial score (nSPS) is 18.8. The minimum Gasteiger partial charge on any atom is -0.388 e. The van der Waals surface area contributed by atoms with Crippen LogP contribution >= 0.6 is 0 Å². The van der Waals surface area contributed by atoms with Gasteiger partial charge in [-0.1, -0.05) is 0 Å². The molecule has 1 aliphatic heterocycles. The van der Waals surface area contributed by atoms with Gasteiger partial charge in [0, 0.05) is 30.9 Å². The van der Waals surface area contributed by atoms with Gasteiger partial charge in [0.15, 0.2) is 0 Å². The lowest BCUT2D eigenvalue weighted by molar-refractivity contribution is -0.119. The Morgan fingerprint density at radius 1 is 1.41 bits per heavy atom. The lowest BCUT2D eigenvalue weighted by Gasteiger charge is -2.30. The molecule has 3 rings (SSSR count). The fourth-order valence-electron chi connectivity index (χ4n) is 2.53. The van der Waals surface area contributed by atoms with Crippen molar-refractivity contribution in [3.05, 3.63) is 23.8 Å². The predicted molar refractivity (Wildman–Crippen MR) is 69.4 cm³/mol. The number of carbonyl (C=O) groups excluding carboxylic acids is 1. The highest BCUT2D eigenvalue weighted by Crippen LogP contribution is 2.36. The van der Waals surface area contributed by atoms with Gasteiger partial charge in [-0.15, -0.1) is 0 Å². The summed E-state index contributed by atoms with van der Waals surface area (Å²) in [5.41, 5.74) is 3.56. The molecule has 90 valence electrons. The zero-order valence-electron chi connectivity index (χ0n) is 10.2. The van der Waals surface area contributed by atoms with E-state index in [9.17, 15) is 4.79 Å². The first-order valence-electron chi connectivity index (χ1n) is 6.41. The van der Waals surface area contributed by atoms with Crippen LogP contribution in [-0.2, 0) is 11.2 Å². The number of benzene rings is 1. The summed E-state index contributed by atoms with van der Waals surface area (Å²) in [6.07, 6.45) is 4.33. The van der Waals surface area contributed by atoms with Gasteiger partial charge in [-0.3, -0.25) is 4.79 Å². The van der Waals surface area contributed by atoms with Crippen molar-refractivity contribution in [3.8, 4) is 0 Å². The number of carbonyl (C=O) groups is 1. The summed E-state index contributed by atoms with van der Waals surface area (Å²) >= 11 is 0. The summed E-state index contributed by atoms with van der Waals surface area (Å²) in [5.74, 6) is 0.646. The highest BCUT2D eigenvalue weighted by molar-refractivity contribution is 5.97. The summed E-state index contributed by atoms with van der Waals surface area (Å²) in [4.78, 5) is 14.2. The lowest BCUT2D eigenvalue weighted by Crippen LogP contribution is -2.36. The molecule has 0 radical (unpaired) electrons. The first kappa shape index (κ1) is 10.6. The van der Waals surface area contributed by atoms with E-state index in [1.165, 1.54) is 5.56 Å². The summed E-state index contributed by atoms with van der Waals surface area (Å²) in [6.45, 7) is 0.890. The second-order valence-corrected chi connectivity index (χ2v) is 4.96. The molecular weight excluding hydrogens is 212 g/mol. The van der Waals surface area contributed by atoms with Crippen LogP contribution in [0.15, 0.2) is 18.2 Å². The van der Waals surface area contributed by atoms with Gasteiger partial charge in [-0.2, -0.15) is 0 Å². The zero-order chi connectivity index (χ0) is 11.8. The third-order valence-electron chi connectivity index (χ3n) is 3.68. The number of nitrogens with one attached hydrogen (secondary N) is 1. The Bertz CT molecular complexity index is 452. The molecule has 1 fully saturated rings. The summed E-state index contributed by atoms with van der Waals surface area (Å²) in [5, 5.41) is 3.15. The molecule has 2 aliphatic rings. The molecule has 0 spiro atoms. The van der Waals surface area contributed by atoms with Gasteiger partial charge < -0.3 is 10.2 Å². The number of hydrogen-bond donors (Lipinski definition) is 1. The van der Waals surface area contributed by atoms with E-state index >= 15 is 0 Å². The van der Waals surface area contributed by atoms with E-state index in [1.807, 2.05) is 11.9 Å². The Morgan fingerprint density at radius 3 is 2.94 bits per heavy atom. The Hall–Kier alpha value is -1.51. The molecule has 1 N–H and O–H groups in total. The monoisotopic (exact) mass is 230 g/mol. The van der Waals surface area contributed by atoms with Crippen molar-refractivity contribution in [3.63, 3.8) is 0 Å². The highest BCUT2D eigenvalue weighted by Gasteiger charge is 2.35. The van der Waals surface area contributed by atoms with E-state index < -0.39 is 0 Å². The first-order valence-corrected chi connectivity index (χ1v) is 6.41. The molecule has 0 bridgehead atoms. The zero-order valence-corrected chi connectivity index (χ0v) is 10.2.